The van der Waals surface area contributed by atoms with Crippen molar-refractivity contribution < 1.29 is 13.6 Å². The second-order valence-corrected chi connectivity index (χ2v) is 9.93. The molecule has 164 valence electrons. The summed E-state index contributed by atoms with van der Waals surface area (Å²) in [6.45, 7) is 5.88. The number of carbonyl (C=O) groups excluding carboxylic acids is 1. The first-order valence-electron chi connectivity index (χ1n) is 9.78. The van der Waals surface area contributed by atoms with Gasteiger partial charge in [-0.3, -0.25) is 4.79 Å². The predicted octanol–water partition coefficient (Wildman–Crippen LogP) is 5.08. The maximum Gasteiger partial charge on any atom is 0.235 e. The standard InChI is InChI=1S/C23H23Cl2F2N3O/c1-22(2,3)10-17-23(11-28,14-8-7-12(24)9-16(14)26)18(20(30-17)21(29)31)13-5-4-6-15(25)19(13)27/h4-9,17-18,20,30H,10H2,1-3H3,(H2,29,31)/t17-,18-,20?,23-/m0/s1. The van der Waals surface area contributed by atoms with Crippen LogP contribution in [-0.2, 0) is 10.2 Å². The quantitative estimate of drug-likeness (QED) is 0.660. The second-order valence-electron chi connectivity index (χ2n) is 9.09. The first-order chi connectivity index (χ1) is 14.4. The van der Waals surface area contributed by atoms with E-state index >= 15 is 8.78 Å². The second kappa shape index (κ2) is 8.38. The van der Waals surface area contributed by atoms with E-state index in [1.54, 1.807) is 0 Å². The Bertz CT molecular complexity index is 1060. The Morgan fingerprint density at radius 2 is 1.94 bits per heavy atom. The molecule has 1 aliphatic heterocycles. The van der Waals surface area contributed by atoms with Crippen LogP contribution in [0.4, 0.5) is 8.78 Å². The fourth-order valence-corrected chi connectivity index (χ4v) is 4.92. The number of nitrogens with two attached hydrogens (primary N) is 1. The number of hydrogen-bond acceptors (Lipinski definition) is 3. The number of nitrogens with zero attached hydrogens (tertiary/aromatic N) is 1. The van der Waals surface area contributed by atoms with Crippen LogP contribution in [0.25, 0.3) is 0 Å². The summed E-state index contributed by atoms with van der Waals surface area (Å²) in [5.41, 5.74) is 3.78. The van der Waals surface area contributed by atoms with Crippen molar-refractivity contribution in [3.8, 4) is 6.07 Å². The number of halogens is 4. The molecule has 0 aromatic heterocycles. The Balaban J connectivity index is 2.38. The molecule has 2 aromatic carbocycles. The predicted molar refractivity (Wildman–Crippen MR) is 117 cm³/mol. The summed E-state index contributed by atoms with van der Waals surface area (Å²) in [7, 11) is 0. The van der Waals surface area contributed by atoms with Gasteiger partial charge in [0.15, 0.2) is 0 Å². The van der Waals surface area contributed by atoms with Crippen molar-refractivity contribution in [3.63, 3.8) is 0 Å². The SMILES string of the molecule is CC(C)(C)C[C@@H]1NC(C(N)=O)[C@H](c2cccc(Cl)c2F)[C@@]1(C#N)c1ccc(Cl)cc1F. The molecule has 4 nitrogen and oxygen atoms in total. The van der Waals surface area contributed by atoms with Crippen molar-refractivity contribution in [1.82, 2.24) is 5.32 Å². The van der Waals surface area contributed by atoms with E-state index in [1.807, 2.05) is 20.8 Å². The van der Waals surface area contributed by atoms with Crippen LogP contribution in [0.3, 0.4) is 0 Å². The highest BCUT2D eigenvalue weighted by atomic mass is 35.5. The molecule has 0 saturated carbocycles. The molecule has 1 fully saturated rings. The van der Waals surface area contributed by atoms with Gasteiger partial charge in [0.25, 0.3) is 0 Å². The van der Waals surface area contributed by atoms with Gasteiger partial charge in [-0.15, -0.1) is 0 Å². The van der Waals surface area contributed by atoms with Gasteiger partial charge >= 0.3 is 0 Å². The number of nitriles is 1. The lowest BCUT2D eigenvalue weighted by Crippen LogP contribution is -2.45. The zero-order valence-electron chi connectivity index (χ0n) is 17.3. The van der Waals surface area contributed by atoms with E-state index in [4.69, 9.17) is 28.9 Å². The molecule has 1 saturated heterocycles. The molecule has 1 aliphatic rings. The molecule has 3 N–H and O–H groups in total. The Hall–Kier alpha value is -2.20. The molecule has 0 aliphatic carbocycles. The third kappa shape index (κ3) is 4.15. The Kier molecular flexibility index (Phi) is 6.35. The number of carbonyl (C=O) groups is 1. The lowest BCUT2D eigenvalue weighted by Gasteiger charge is -2.37. The summed E-state index contributed by atoms with van der Waals surface area (Å²) in [6, 6.07) is 8.75. The third-order valence-electron chi connectivity index (χ3n) is 5.76. The average Bonchev–Trinajstić information content (AvgIpc) is 2.97. The third-order valence-corrected chi connectivity index (χ3v) is 6.28. The van der Waals surface area contributed by atoms with Crippen LogP contribution in [0.5, 0.6) is 0 Å². The van der Waals surface area contributed by atoms with Crippen LogP contribution >= 0.6 is 23.2 Å². The van der Waals surface area contributed by atoms with Crippen molar-refractivity contribution in [2.75, 3.05) is 0 Å². The van der Waals surface area contributed by atoms with Gasteiger partial charge in [0.2, 0.25) is 5.91 Å². The van der Waals surface area contributed by atoms with Gasteiger partial charge < -0.3 is 11.1 Å². The van der Waals surface area contributed by atoms with Crippen molar-refractivity contribution in [1.29, 1.82) is 5.26 Å². The van der Waals surface area contributed by atoms with E-state index in [2.05, 4.69) is 11.4 Å². The fourth-order valence-electron chi connectivity index (χ4n) is 4.58. The fraction of sp³-hybridized carbons (Fsp3) is 0.391. The molecule has 0 bridgehead atoms. The zero-order chi connectivity index (χ0) is 23.1. The molecular weight excluding hydrogens is 443 g/mol. The highest BCUT2D eigenvalue weighted by molar-refractivity contribution is 6.31. The van der Waals surface area contributed by atoms with Gasteiger partial charge in [0.05, 0.1) is 17.1 Å². The van der Waals surface area contributed by atoms with Crippen LogP contribution < -0.4 is 11.1 Å². The van der Waals surface area contributed by atoms with Crippen LogP contribution in [-0.4, -0.2) is 18.0 Å². The summed E-state index contributed by atoms with van der Waals surface area (Å²) < 4.78 is 30.4. The molecule has 3 rings (SSSR count). The number of amides is 1. The molecule has 1 amide bonds. The van der Waals surface area contributed by atoms with E-state index in [0.29, 0.717) is 6.42 Å². The Morgan fingerprint density at radius 3 is 2.48 bits per heavy atom. The topological polar surface area (TPSA) is 78.9 Å². The number of nitrogens with one attached hydrogen (secondary N) is 1. The molecule has 1 unspecified atom stereocenters. The number of benzene rings is 2. The number of rotatable bonds is 4. The van der Waals surface area contributed by atoms with Crippen LogP contribution in [0.15, 0.2) is 36.4 Å². The molecule has 4 atom stereocenters. The Labute approximate surface area is 190 Å². The average molecular weight is 466 g/mol. The molecule has 0 radical (unpaired) electrons. The van der Waals surface area contributed by atoms with Gasteiger partial charge in [-0.2, -0.15) is 5.26 Å². The highest BCUT2D eigenvalue weighted by Crippen LogP contribution is 2.52. The van der Waals surface area contributed by atoms with E-state index in [9.17, 15) is 10.1 Å². The van der Waals surface area contributed by atoms with Crippen molar-refractivity contribution in [2.45, 2.75) is 50.6 Å². The maximum absolute atomic E-state index is 15.2. The van der Waals surface area contributed by atoms with Crippen LogP contribution in [0.2, 0.25) is 10.0 Å². The smallest absolute Gasteiger partial charge is 0.235 e. The highest BCUT2D eigenvalue weighted by Gasteiger charge is 2.60. The van der Waals surface area contributed by atoms with E-state index in [-0.39, 0.29) is 26.6 Å². The first kappa shape index (κ1) is 23.5. The molecule has 8 heteroatoms. The number of hydrogen-bond donors (Lipinski definition) is 2. The van der Waals surface area contributed by atoms with Gasteiger partial charge in [-0.1, -0.05) is 62.2 Å². The summed E-state index contributed by atoms with van der Waals surface area (Å²) in [5, 5.41) is 13.6. The van der Waals surface area contributed by atoms with Crippen molar-refractivity contribution >= 4 is 29.1 Å². The minimum Gasteiger partial charge on any atom is -0.368 e. The Morgan fingerprint density at radius 1 is 1.26 bits per heavy atom. The van der Waals surface area contributed by atoms with Gasteiger partial charge in [0.1, 0.15) is 17.0 Å². The molecular formula is C23H23Cl2F2N3O. The monoisotopic (exact) mass is 465 g/mol. The summed E-state index contributed by atoms with van der Waals surface area (Å²) in [6.07, 6.45) is 0.394. The van der Waals surface area contributed by atoms with E-state index in [1.165, 1.54) is 30.3 Å². The van der Waals surface area contributed by atoms with E-state index in [0.717, 1.165) is 6.07 Å². The van der Waals surface area contributed by atoms with Crippen LogP contribution in [0.1, 0.15) is 44.2 Å². The largest absolute Gasteiger partial charge is 0.368 e. The van der Waals surface area contributed by atoms with Gasteiger partial charge in [-0.25, -0.2) is 8.78 Å². The summed E-state index contributed by atoms with van der Waals surface area (Å²) in [5.74, 6) is -3.37. The summed E-state index contributed by atoms with van der Waals surface area (Å²) in [4.78, 5) is 12.4. The van der Waals surface area contributed by atoms with Gasteiger partial charge in [0, 0.05) is 22.5 Å². The molecule has 2 aromatic rings. The molecule has 1 heterocycles. The zero-order valence-corrected chi connectivity index (χ0v) is 18.9. The summed E-state index contributed by atoms with van der Waals surface area (Å²) >= 11 is 12.0. The molecule has 0 spiro atoms. The lowest BCUT2D eigenvalue weighted by molar-refractivity contribution is -0.120. The lowest BCUT2D eigenvalue weighted by atomic mass is 9.62. The number of primary amides is 1. The minimum atomic E-state index is -1.65. The van der Waals surface area contributed by atoms with Crippen LogP contribution in [0, 0.1) is 28.4 Å². The maximum atomic E-state index is 15.2. The van der Waals surface area contributed by atoms with E-state index < -0.39 is 41.0 Å². The van der Waals surface area contributed by atoms with Crippen molar-refractivity contribution in [2.24, 2.45) is 11.1 Å². The molecule has 31 heavy (non-hydrogen) atoms. The minimum absolute atomic E-state index is 0.0225. The van der Waals surface area contributed by atoms with Gasteiger partial charge in [-0.05, 0) is 35.6 Å². The first-order valence-corrected chi connectivity index (χ1v) is 10.5. The normalized spacial score (nSPS) is 25.9. The van der Waals surface area contributed by atoms with Crippen molar-refractivity contribution in [3.05, 3.63) is 69.2 Å².